The van der Waals surface area contributed by atoms with Crippen molar-refractivity contribution in [2.75, 3.05) is 32.9 Å². The average Bonchev–Trinajstić information content (AvgIpc) is 2.51. The Kier molecular flexibility index (Phi) is 10.4. The Morgan fingerprint density at radius 3 is 1.77 bits per heavy atom. The third-order valence-corrected chi connectivity index (χ3v) is 6.16. The van der Waals surface area contributed by atoms with Gasteiger partial charge in [-0.15, -0.1) is 0 Å². The number of nitrogens with one attached hydrogen (secondary N) is 1. The SMILES string of the molecule is CN(C)CCCNS(=O)(=O)CCCCC(CC(C)(C(F)(F)F)C(F)(F)F)C(F)(F)F. The van der Waals surface area contributed by atoms with Crippen molar-refractivity contribution in [1.82, 2.24) is 9.62 Å². The highest BCUT2D eigenvalue weighted by molar-refractivity contribution is 7.89. The van der Waals surface area contributed by atoms with Crippen molar-refractivity contribution in [3.05, 3.63) is 0 Å². The molecular formula is C16H27F9N2O2S. The van der Waals surface area contributed by atoms with Crippen LogP contribution in [0.1, 0.15) is 39.0 Å². The molecule has 0 saturated heterocycles. The summed E-state index contributed by atoms with van der Waals surface area (Å²) >= 11 is 0. The van der Waals surface area contributed by atoms with Crippen molar-refractivity contribution >= 4 is 10.0 Å². The number of rotatable bonds is 12. The molecule has 0 amide bonds. The second-order valence-electron chi connectivity index (χ2n) is 7.64. The molecule has 0 spiro atoms. The van der Waals surface area contributed by atoms with Gasteiger partial charge < -0.3 is 4.90 Å². The molecule has 0 aromatic carbocycles. The fraction of sp³-hybridized carbons (Fsp3) is 1.00. The molecule has 0 aliphatic heterocycles. The van der Waals surface area contributed by atoms with Gasteiger partial charge in [0.1, 0.15) is 0 Å². The van der Waals surface area contributed by atoms with Gasteiger partial charge in [-0.3, -0.25) is 0 Å². The lowest BCUT2D eigenvalue weighted by Gasteiger charge is -2.37. The lowest BCUT2D eigenvalue weighted by atomic mass is 9.77. The summed E-state index contributed by atoms with van der Waals surface area (Å²) < 4.78 is 143. The lowest BCUT2D eigenvalue weighted by Crippen LogP contribution is -2.50. The maximum absolute atomic E-state index is 13.1. The van der Waals surface area contributed by atoms with Gasteiger partial charge in [0.05, 0.1) is 11.7 Å². The first kappa shape index (κ1) is 29.2. The summed E-state index contributed by atoms with van der Waals surface area (Å²) in [6.45, 7) is 0.391. The van der Waals surface area contributed by atoms with Gasteiger partial charge >= 0.3 is 18.5 Å². The quantitative estimate of drug-likeness (QED) is 0.323. The molecule has 0 saturated carbocycles. The van der Waals surface area contributed by atoms with Gasteiger partial charge in [-0.25, -0.2) is 13.1 Å². The highest BCUT2D eigenvalue weighted by Gasteiger charge is 2.68. The highest BCUT2D eigenvalue weighted by Crippen LogP contribution is 2.55. The normalized spacial score (nSPS) is 15.6. The number of hydrogen-bond donors (Lipinski definition) is 1. The first-order chi connectivity index (χ1) is 13.2. The lowest BCUT2D eigenvalue weighted by molar-refractivity contribution is -0.346. The van der Waals surface area contributed by atoms with Crippen molar-refractivity contribution in [3.63, 3.8) is 0 Å². The van der Waals surface area contributed by atoms with E-state index in [-0.39, 0.29) is 19.9 Å². The number of unbranched alkanes of at least 4 members (excludes halogenated alkanes) is 1. The molecule has 0 bridgehead atoms. The molecule has 1 atom stereocenters. The summed E-state index contributed by atoms with van der Waals surface area (Å²) in [7, 11) is -0.260. The number of hydrogen-bond acceptors (Lipinski definition) is 3. The molecule has 4 nitrogen and oxygen atoms in total. The molecule has 0 aliphatic carbocycles. The molecule has 0 fully saturated rings. The number of nitrogens with zero attached hydrogens (tertiary/aromatic N) is 1. The van der Waals surface area contributed by atoms with E-state index in [1.54, 1.807) is 19.0 Å². The Balaban J connectivity index is 4.93. The monoisotopic (exact) mass is 482 g/mol. The Bertz CT molecular complexity index is 600. The summed E-state index contributed by atoms with van der Waals surface area (Å²) in [5.74, 6) is -3.45. The minimum absolute atomic E-state index is 0.0984. The van der Waals surface area contributed by atoms with E-state index in [1.165, 1.54) is 0 Å². The van der Waals surface area contributed by atoms with E-state index in [0.717, 1.165) is 0 Å². The average molecular weight is 482 g/mol. The molecule has 1 unspecified atom stereocenters. The van der Waals surface area contributed by atoms with Crippen LogP contribution in [0.5, 0.6) is 0 Å². The molecule has 0 radical (unpaired) electrons. The molecule has 0 heterocycles. The molecule has 182 valence electrons. The van der Waals surface area contributed by atoms with Crippen LogP contribution in [0, 0.1) is 11.3 Å². The second-order valence-corrected chi connectivity index (χ2v) is 9.56. The zero-order chi connectivity index (χ0) is 24.0. The third-order valence-electron chi connectivity index (χ3n) is 4.69. The van der Waals surface area contributed by atoms with Crippen molar-refractivity contribution in [2.24, 2.45) is 11.3 Å². The predicted molar refractivity (Wildman–Crippen MR) is 93.2 cm³/mol. The molecule has 0 aromatic heterocycles. The van der Waals surface area contributed by atoms with Crippen LogP contribution < -0.4 is 4.72 Å². The summed E-state index contributed by atoms with van der Waals surface area (Å²) in [6, 6.07) is 0. The van der Waals surface area contributed by atoms with E-state index < -0.39 is 64.9 Å². The smallest absolute Gasteiger partial charge is 0.309 e. The first-order valence-electron chi connectivity index (χ1n) is 9.05. The summed E-state index contributed by atoms with van der Waals surface area (Å²) in [5.41, 5.74) is -4.53. The minimum Gasteiger partial charge on any atom is -0.309 e. The van der Waals surface area contributed by atoms with E-state index >= 15 is 0 Å². The van der Waals surface area contributed by atoms with Gasteiger partial charge in [-0.1, -0.05) is 6.42 Å². The van der Waals surface area contributed by atoms with Crippen LogP contribution in [0.25, 0.3) is 0 Å². The van der Waals surface area contributed by atoms with E-state index in [0.29, 0.717) is 13.0 Å². The van der Waals surface area contributed by atoms with Crippen LogP contribution in [0.4, 0.5) is 39.5 Å². The molecule has 14 heteroatoms. The topological polar surface area (TPSA) is 49.4 Å². The van der Waals surface area contributed by atoms with Crippen LogP contribution in [-0.2, 0) is 10.0 Å². The van der Waals surface area contributed by atoms with Crippen LogP contribution in [0.15, 0.2) is 0 Å². The standard InChI is InChI=1S/C16H27F9N2O2S/c1-13(15(20,21)22,16(23,24)25)11-12(14(17,18)19)7-4-5-10-30(28,29)26-8-6-9-27(2)3/h12,26H,4-11H2,1-3H3. The fourth-order valence-corrected chi connectivity index (χ4v) is 3.83. The minimum atomic E-state index is -5.92. The summed E-state index contributed by atoms with van der Waals surface area (Å²) in [6.07, 6.45) is -20.7. The van der Waals surface area contributed by atoms with Crippen molar-refractivity contribution in [1.29, 1.82) is 0 Å². The van der Waals surface area contributed by atoms with Gasteiger partial charge in [-0.05, 0) is 53.2 Å². The molecule has 0 rings (SSSR count). The van der Waals surface area contributed by atoms with E-state index in [1.807, 2.05) is 0 Å². The zero-order valence-corrected chi connectivity index (χ0v) is 17.6. The maximum Gasteiger partial charge on any atom is 0.402 e. The van der Waals surface area contributed by atoms with Gasteiger partial charge in [0, 0.05) is 6.54 Å². The molecular weight excluding hydrogens is 455 g/mol. The van der Waals surface area contributed by atoms with Gasteiger partial charge in [0.15, 0.2) is 5.41 Å². The molecule has 1 N–H and O–H groups in total. The van der Waals surface area contributed by atoms with E-state index in [2.05, 4.69) is 4.72 Å². The van der Waals surface area contributed by atoms with E-state index in [9.17, 15) is 47.9 Å². The van der Waals surface area contributed by atoms with Gasteiger partial charge in [0.25, 0.3) is 0 Å². The molecule has 0 aromatic rings. The maximum atomic E-state index is 13.1. The third kappa shape index (κ3) is 9.58. The van der Waals surface area contributed by atoms with Crippen LogP contribution >= 0.6 is 0 Å². The summed E-state index contributed by atoms with van der Waals surface area (Å²) in [5, 5.41) is 0. The largest absolute Gasteiger partial charge is 0.402 e. The number of halogens is 9. The van der Waals surface area contributed by atoms with Crippen molar-refractivity contribution in [3.8, 4) is 0 Å². The zero-order valence-electron chi connectivity index (χ0n) is 16.8. The Labute approximate surface area is 170 Å². The fourth-order valence-electron chi connectivity index (χ4n) is 2.64. The number of sulfonamides is 1. The number of alkyl halides is 9. The Morgan fingerprint density at radius 2 is 1.37 bits per heavy atom. The highest BCUT2D eigenvalue weighted by atomic mass is 32.2. The second kappa shape index (κ2) is 10.7. The van der Waals surface area contributed by atoms with Crippen LogP contribution in [0.2, 0.25) is 0 Å². The van der Waals surface area contributed by atoms with Gasteiger partial charge in [-0.2, -0.15) is 39.5 Å². The van der Waals surface area contributed by atoms with Crippen LogP contribution in [0.3, 0.4) is 0 Å². The Hall–Kier alpha value is -0.760. The Morgan fingerprint density at radius 1 is 0.867 bits per heavy atom. The van der Waals surface area contributed by atoms with E-state index in [4.69, 9.17) is 0 Å². The van der Waals surface area contributed by atoms with Crippen molar-refractivity contribution < 1.29 is 47.9 Å². The molecule has 0 aliphatic rings. The van der Waals surface area contributed by atoms with Gasteiger partial charge in [0.2, 0.25) is 10.0 Å². The first-order valence-corrected chi connectivity index (χ1v) is 10.7. The van der Waals surface area contributed by atoms with Crippen LogP contribution in [-0.4, -0.2) is 64.8 Å². The summed E-state index contributed by atoms with van der Waals surface area (Å²) in [4.78, 5) is 1.81. The predicted octanol–water partition coefficient (Wildman–Crippen LogP) is 4.73. The van der Waals surface area contributed by atoms with Crippen molar-refractivity contribution in [2.45, 2.75) is 57.6 Å². The molecule has 30 heavy (non-hydrogen) atoms.